The molecule has 0 N–H and O–H groups in total. The molecule has 0 saturated carbocycles. The molecule has 1 aromatic heterocycles. The lowest BCUT2D eigenvalue weighted by atomic mass is 10.2. The van der Waals surface area contributed by atoms with E-state index < -0.39 is 18.2 Å². The van der Waals surface area contributed by atoms with Gasteiger partial charge in [-0.3, -0.25) is 9.78 Å². The highest BCUT2D eigenvalue weighted by molar-refractivity contribution is 5.94. The van der Waals surface area contributed by atoms with Gasteiger partial charge in [0.25, 0.3) is 5.91 Å². The van der Waals surface area contributed by atoms with Crippen molar-refractivity contribution in [3.8, 4) is 5.75 Å². The van der Waals surface area contributed by atoms with Gasteiger partial charge in [0.05, 0.1) is 12.7 Å². The molecule has 0 radical (unpaired) electrons. The molecule has 9 heteroatoms. The number of rotatable bonds is 5. The molecule has 0 saturated heterocycles. The Morgan fingerprint density at radius 1 is 1.12 bits per heavy atom. The molecular weight excluding hydrogens is 353 g/mol. The number of benzene rings is 1. The number of nitrogens with zero attached hydrogens (tertiary/aromatic N) is 2. The molecule has 2 aromatic rings. The van der Waals surface area contributed by atoms with E-state index in [0.29, 0.717) is 5.56 Å². The summed E-state index contributed by atoms with van der Waals surface area (Å²) in [6, 6.07) is 8.01. The molecule has 0 unspecified atom stereocenters. The van der Waals surface area contributed by atoms with Crippen LogP contribution in [0.5, 0.6) is 5.75 Å². The van der Waals surface area contributed by atoms with Gasteiger partial charge in [0, 0.05) is 19.8 Å². The van der Waals surface area contributed by atoms with Crippen molar-refractivity contribution in [2.24, 2.45) is 0 Å². The number of alkyl halides is 3. The highest BCUT2D eigenvalue weighted by Gasteiger charge is 2.31. The standard InChI is InChI=1S/C17H15F3N2O4/c1-22(10-11-3-6-13(7-4-11)26-17(18,19)20)15(23)14-8-5-12(9-21-14)16(24)25-2/h3-9H,10H2,1-2H3. The maximum atomic E-state index is 12.3. The Bertz CT molecular complexity index is 774. The second kappa shape index (κ2) is 7.85. The lowest BCUT2D eigenvalue weighted by molar-refractivity contribution is -0.274. The third-order valence-corrected chi connectivity index (χ3v) is 3.33. The molecule has 0 bridgehead atoms. The molecule has 0 aliphatic rings. The maximum absolute atomic E-state index is 12.3. The second-order valence-electron chi connectivity index (χ2n) is 5.28. The third kappa shape index (κ3) is 5.20. The van der Waals surface area contributed by atoms with E-state index in [1.165, 1.54) is 61.7 Å². The highest BCUT2D eigenvalue weighted by Crippen LogP contribution is 2.23. The summed E-state index contributed by atoms with van der Waals surface area (Å²) >= 11 is 0. The number of amides is 1. The largest absolute Gasteiger partial charge is 0.573 e. The zero-order valence-corrected chi connectivity index (χ0v) is 13.9. The predicted molar refractivity (Wildman–Crippen MR) is 84.5 cm³/mol. The number of halogens is 3. The lowest BCUT2D eigenvalue weighted by Crippen LogP contribution is -2.27. The second-order valence-corrected chi connectivity index (χ2v) is 5.28. The summed E-state index contributed by atoms with van der Waals surface area (Å²) in [5.41, 5.74) is 0.950. The molecule has 0 fully saturated rings. The van der Waals surface area contributed by atoms with Crippen molar-refractivity contribution in [2.45, 2.75) is 12.9 Å². The van der Waals surface area contributed by atoms with E-state index in [-0.39, 0.29) is 23.6 Å². The number of ether oxygens (including phenoxy) is 2. The van der Waals surface area contributed by atoms with E-state index in [4.69, 9.17) is 0 Å². The van der Waals surface area contributed by atoms with Crippen molar-refractivity contribution < 1.29 is 32.2 Å². The summed E-state index contributed by atoms with van der Waals surface area (Å²) < 4.78 is 44.7. The molecule has 0 aliphatic heterocycles. The third-order valence-electron chi connectivity index (χ3n) is 3.33. The highest BCUT2D eigenvalue weighted by atomic mass is 19.4. The van der Waals surface area contributed by atoms with Crippen LogP contribution in [0, 0.1) is 0 Å². The summed E-state index contributed by atoms with van der Waals surface area (Å²) in [5, 5.41) is 0. The van der Waals surface area contributed by atoms with Gasteiger partial charge in [-0.05, 0) is 29.8 Å². The van der Waals surface area contributed by atoms with Gasteiger partial charge in [-0.1, -0.05) is 12.1 Å². The van der Waals surface area contributed by atoms with E-state index in [1.54, 1.807) is 0 Å². The van der Waals surface area contributed by atoms with Gasteiger partial charge in [0.2, 0.25) is 0 Å². The average molecular weight is 368 g/mol. The number of hydrogen-bond acceptors (Lipinski definition) is 5. The number of aromatic nitrogens is 1. The number of carbonyl (C=O) groups excluding carboxylic acids is 2. The lowest BCUT2D eigenvalue weighted by Gasteiger charge is -2.17. The minimum absolute atomic E-state index is 0.122. The number of methoxy groups -OCH3 is 1. The van der Waals surface area contributed by atoms with Gasteiger partial charge in [0.15, 0.2) is 0 Å². The van der Waals surface area contributed by atoms with Gasteiger partial charge in [-0.2, -0.15) is 0 Å². The van der Waals surface area contributed by atoms with Crippen LogP contribution in [0.2, 0.25) is 0 Å². The van der Waals surface area contributed by atoms with Crippen LogP contribution in [0.25, 0.3) is 0 Å². The smallest absolute Gasteiger partial charge is 0.465 e. The molecule has 1 heterocycles. The summed E-state index contributed by atoms with van der Waals surface area (Å²) in [7, 11) is 2.76. The Morgan fingerprint density at radius 2 is 1.77 bits per heavy atom. The first-order valence-corrected chi connectivity index (χ1v) is 7.34. The monoisotopic (exact) mass is 368 g/mol. The SMILES string of the molecule is COC(=O)c1ccc(C(=O)N(C)Cc2ccc(OC(F)(F)F)cc2)nc1. The Kier molecular flexibility index (Phi) is 5.81. The summed E-state index contributed by atoms with van der Waals surface area (Å²) in [5.74, 6) is -1.31. The molecule has 1 amide bonds. The van der Waals surface area contributed by atoms with Crippen molar-refractivity contribution in [1.82, 2.24) is 9.88 Å². The fraction of sp³-hybridized carbons (Fsp3) is 0.235. The van der Waals surface area contributed by atoms with Crippen molar-refractivity contribution in [2.75, 3.05) is 14.2 Å². The normalized spacial score (nSPS) is 11.0. The van der Waals surface area contributed by atoms with Crippen LogP contribution < -0.4 is 4.74 Å². The molecule has 138 valence electrons. The van der Waals surface area contributed by atoms with Crippen LogP contribution in [0.3, 0.4) is 0 Å². The Morgan fingerprint density at radius 3 is 2.27 bits per heavy atom. The summed E-state index contributed by atoms with van der Waals surface area (Å²) in [6.07, 6.45) is -3.52. The van der Waals surface area contributed by atoms with Crippen LogP contribution in [0.1, 0.15) is 26.4 Å². The zero-order chi connectivity index (χ0) is 19.3. The van der Waals surface area contributed by atoms with E-state index in [0.717, 1.165) is 0 Å². The fourth-order valence-corrected chi connectivity index (χ4v) is 2.10. The van der Waals surface area contributed by atoms with Crippen molar-refractivity contribution >= 4 is 11.9 Å². The summed E-state index contributed by atoms with van der Waals surface area (Å²) in [4.78, 5) is 28.9. The first kappa shape index (κ1) is 19.2. The molecule has 0 atom stereocenters. The van der Waals surface area contributed by atoms with E-state index in [2.05, 4.69) is 14.5 Å². The van der Waals surface area contributed by atoms with E-state index >= 15 is 0 Å². The molecule has 1 aromatic carbocycles. The van der Waals surface area contributed by atoms with Gasteiger partial charge in [-0.15, -0.1) is 13.2 Å². The van der Waals surface area contributed by atoms with Crippen molar-refractivity contribution in [3.05, 3.63) is 59.4 Å². The first-order valence-electron chi connectivity index (χ1n) is 7.34. The fourth-order valence-electron chi connectivity index (χ4n) is 2.10. The predicted octanol–water partition coefficient (Wildman–Crippen LogP) is 3.04. The van der Waals surface area contributed by atoms with Crippen molar-refractivity contribution in [1.29, 1.82) is 0 Å². The Labute approximate surface area is 147 Å². The van der Waals surface area contributed by atoms with Crippen molar-refractivity contribution in [3.63, 3.8) is 0 Å². The van der Waals surface area contributed by atoms with Crippen LogP contribution in [-0.2, 0) is 11.3 Å². The van der Waals surface area contributed by atoms with Gasteiger partial charge in [0.1, 0.15) is 11.4 Å². The maximum Gasteiger partial charge on any atom is 0.573 e. The molecular formula is C17H15F3N2O4. The molecule has 0 spiro atoms. The van der Waals surface area contributed by atoms with Gasteiger partial charge in [-0.25, -0.2) is 4.79 Å². The molecule has 26 heavy (non-hydrogen) atoms. The zero-order valence-electron chi connectivity index (χ0n) is 13.9. The number of esters is 1. The molecule has 2 rings (SSSR count). The topological polar surface area (TPSA) is 68.7 Å². The first-order chi connectivity index (χ1) is 12.2. The molecule has 6 nitrogen and oxygen atoms in total. The Hall–Kier alpha value is -3.10. The van der Waals surface area contributed by atoms with E-state index in [1.807, 2.05) is 0 Å². The minimum atomic E-state index is -4.75. The van der Waals surface area contributed by atoms with Crippen LogP contribution in [0.15, 0.2) is 42.6 Å². The minimum Gasteiger partial charge on any atom is -0.465 e. The van der Waals surface area contributed by atoms with Crippen LogP contribution in [0.4, 0.5) is 13.2 Å². The number of pyridine rings is 1. The average Bonchev–Trinajstić information content (AvgIpc) is 2.61. The van der Waals surface area contributed by atoms with Crippen LogP contribution in [-0.4, -0.2) is 42.3 Å². The van der Waals surface area contributed by atoms with Gasteiger partial charge >= 0.3 is 12.3 Å². The van der Waals surface area contributed by atoms with Gasteiger partial charge < -0.3 is 14.4 Å². The Balaban J connectivity index is 2.01. The summed E-state index contributed by atoms with van der Waals surface area (Å²) in [6.45, 7) is 0.158. The number of hydrogen-bond donors (Lipinski definition) is 0. The van der Waals surface area contributed by atoms with E-state index in [9.17, 15) is 22.8 Å². The number of carbonyl (C=O) groups is 2. The molecule has 0 aliphatic carbocycles. The quantitative estimate of drug-likeness (QED) is 0.759. The van der Waals surface area contributed by atoms with Crippen LogP contribution >= 0.6 is 0 Å².